The van der Waals surface area contributed by atoms with E-state index >= 15 is 0 Å². The van der Waals surface area contributed by atoms with E-state index in [1.54, 1.807) is 0 Å². The summed E-state index contributed by atoms with van der Waals surface area (Å²) in [5.41, 5.74) is 7.02. The molecular weight excluding hydrogens is 302 g/mol. The normalized spacial score (nSPS) is 25.2. The lowest BCUT2D eigenvalue weighted by Crippen LogP contribution is -2.45. The number of hydrogen-bond donors (Lipinski definition) is 1. The zero-order valence-corrected chi connectivity index (χ0v) is 18.0. The Kier molecular flexibility index (Phi) is 12.9. The van der Waals surface area contributed by atoms with Crippen LogP contribution in [-0.2, 0) is 0 Å². The van der Waals surface area contributed by atoms with E-state index in [9.17, 15) is 0 Å². The fourth-order valence-corrected chi connectivity index (χ4v) is 4.80. The maximum atomic E-state index is 6.61. The molecular formula is C24H49N. The average Bonchev–Trinajstić information content (AvgIpc) is 2.61. The standard InChI is InChI=1S/C24H49N/c1-4-5-6-7-8-9-10-11-12-13-14-15-16-20-23(25)24(3)21-18-17-19-22(24)2/h22-23H,4-21,25H2,1-3H3. The van der Waals surface area contributed by atoms with Crippen LogP contribution in [0.5, 0.6) is 0 Å². The third kappa shape index (κ3) is 9.45. The van der Waals surface area contributed by atoms with Crippen molar-refractivity contribution in [2.24, 2.45) is 17.1 Å². The topological polar surface area (TPSA) is 26.0 Å². The van der Waals surface area contributed by atoms with Gasteiger partial charge in [-0.25, -0.2) is 0 Å². The van der Waals surface area contributed by atoms with Crippen LogP contribution < -0.4 is 5.73 Å². The molecule has 3 unspecified atom stereocenters. The van der Waals surface area contributed by atoms with Gasteiger partial charge in [-0.2, -0.15) is 0 Å². The summed E-state index contributed by atoms with van der Waals surface area (Å²) in [5.74, 6) is 0.818. The van der Waals surface area contributed by atoms with Crippen LogP contribution in [0.1, 0.15) is 136 Å². The third-order valence-electron chi connectivity index (χ3n) is 7.19. The molecule has 0 aromatic carbocycles. The molecule has 1 saturated carbocycles. The van der Waals surface area contributed by atoms with Crippen molar-refractivity contribution >= 4 is 0 Å². The lowest BCUT2D eigenvalue weighted by atomic mass is 9.63. The van der Waals surface area contributed by atoms with Crippen molar-refractivity contribution in [1.29, 1.82) is 0 Å². The minimum atomic E-state index is 0.412. The van der Waals surface area contributed by atoms with Gasteiger partial charge in [-0.1, -0.05) is 124 Å². The van der Waals surface area contributed by atoms with E-state index in [1.807, 2.05) is 0 Å². The van der Waals surface area contributed by atoms with Crippen LogP contribution in [0.2, 0.25) is 0 Å². The van der Waals surface area contributed by atoms with Gasteiger partial charge in [-0.05, 0) is 24.2 Å². The third-order valence-corrected chi connectivity index (χ3v) is 7.19. The van der Waals surface area contributed by atoms with Crippen LogP contribution in [0.4, 0.5) is 0 Å². The lowest BCUT2D eigenvalue weighted by Gasteiger charge is -2.44. The molecule has 1 aliphatic rings. The summed E-state index contributed by atoms with van der Waals surface area (Å²) >= 11 is 0. The lowest BCUT2D eigenvalue weighted by molar-refractivity contribution is 0.0896. The molecule has 2 N–H and O–H groups in total. The fourth-order valence-electron chi connectivity index (χ4n) is 4.80. The summed E-state index contributed by atoms with van der Waals surface area (Å²) < 4.78 is 0. The summed E-state index contributed by atoms with van der Waals surface area (Å²) in [6.45, 7) is 7.19. The Labute approximate surface area is 159 Å². The van der Waals surface area contributed by atoms with Crippen molar-refractivity contribution < 1.29 is 0 Å². The molecule has 0 amide bonds. The van der Waals surface area contributed by atoms with Crippen molar-refractivity contribution in [3.63, 3.8) is 0 Å². The maximum absolute atomic E-state index is 6.61. The van der Waals surface area contributed by atoms with Gasteiger partial charge in [0.05, 0.1) is 0 Å². The zero-order chi connectivity index (χ0) is 18.4. The Bertz CT molecular complexity index is 300. The predicted octanol–water partition coefficient (Wildman–Crippen LogP) is 8.01. The summed E-state index contributed by atoms with van der Waals surface area (Å²) in [5, 5.41) is 0. The van der Waals surface area contributed by atoms with Gasteiger partial charge in [-0.3, -0.25) is 0 Å². The van der Waals surface area contributed by atoms with Crippen LogP contribution in [0, 0.1) is 11.3 Å². The second kappa shape index (κ2) is 14.1. The molecule has 0 aromatic heterocycles. The van der Waals surface area contributed by atoms with E-state index in [0.717, 1.165) is 5.92 Å². The minimum absolute atomic E-state index is 0.412. The van der Waals surface area contributed by atoms with E-state index in [1.165, 1.54) is 116 Å². The van der Waals surface area contributed by atoms with Gasteiger partial charge in [-0.15, -0.1) is 0 Å². The van der Waals surface area contributed by atoms with E-state index < -0.39 is 0 Å². The molecule has 0 radical (unpaired) electrons. The molecule has 1 aliphatic carbocycles. The first kappa shape index (κ1) is 23.0. The van der Waals surface area contributed by atoms with Gasteiger partial charge >= 0.3 is 0 Å². The molecule has 150 valence electrons. The van der Waals surface area contributed by atoms with Crippen LogP contribution in [-0.4, -0.2) is 6.04 Å². The van der Waals surface area contributed by atoms with Crippen LogP contribution >= 0.6 is 0 Å². The van der Waals surface area contributed by atoms with Gasteiger partial charge in [0.15, 0.2) is 0 Å². The highest BCUT2D eigenvalue weighted by Gasteiger charge is 2.38. The monoisotopic (exact) mass is 351 g/mol. The molecule has 1 heteroatoms. The molecule has 0 saturated heterocycles. The number of unbranched alkanes of at least 4 members (excludes halogenated alkanes) is 12. The Morgan fingerprint density at radius 2 is 1.28 bits per heavy atom. The molecule has 25 heavy (non-hydrogen) atoms. The SMILES string of the molecule is CCCCCCCCCCCCCCCC(N)C1(C)CCCCC1C. The van der Waals surface area contributed by atoms with Gasteiger partial charge in [0.1, 0.15) is 0 Å². The highest BCUT2D eigenvalue weighted by atomic mass is 14.7. The van der Waals surface area contributed by atoms with Gasteiger partial charge in [0, 0.05) is 6.04 Å². The van der Waals surface area contributed by atoms with Crippen molar-refractivity contribution in [2.75, 3.05) is 0 Å². The van der Waals surface area contributed by atoms with Crippen molar-refractivity contribution in [3.8, 4) is 0 Å². The van der Waals surface area contributed by atoms with Gasteiger partial charge in [0.25, 0.3) is 0 Å². The summed E-state index contributed by atoms with van der Waals surface area (Å²) in [6.07, 6.45) is 25.5. The minimum Gasteiger partial charge on any atom is -0.327 e. The Hall–Kier alpha value is -0.0400. The summed E-state index contributed by atoms with van der Waals surface area (Å²) in [7, 11) is 0. The Morgan fingerprint density at radius 3 is 1.76 bits per heavy atom. The molecule has 0 spiro atoms. The van der Waals surface area contributed by atoms with Crippen molar-refractivity contribution in [1.82, 2.24) is 0 Å². The second-order valence-corrected chi connectivity index (χ2v) is 9.29. The smallest absolute Gasteiger partial charge is 0.00954 e. The van der Waals surface area contributed by atoms with Gasteiger partial charge < -0.3 is 5.73 Å². The fraction of sp³-hybridized carbons (Fsp3) is 1.00. The van der Waals surface area contributed by atoms with E-state index in [4.69, 9.17) is 5.73 Å². The molecule has 0 aromatic rings. The van der Waals surface area contributed by atoms with Crippen molar-refractivity contribution in [3.05, 3.63) is 0 Å². The van der Waals surface area contributed by atoms with Crippen LogP contribution in [0.25, 0.3) is 0 Å². The molecule has 0 bridgehead atoms. The quantitative estimate of drug-likeness (QED) is 0.297. The van der Waals surface area contributed by atoms with E-state index in [-0.39, 0.29) is 0 Å². The summed E-state index contributed by atoms with van der Waals surface area (Å²) in [4.78, 5) is 0. The second-order valence-electron chi connectivity index (χ2n) is 9.29. The van der Waals surface area contributed by atoms with E-state index in [0.29, 0.717) is 11.5 Å². The molecule has 0 heterocycles. The Balaban J connectivity index is 1.90. The number of nitrogens with two attached hydrogens (primary N) is 1. The van der Waals surface area contributed by atoms with Crippen molar-refractivity contribution in [2.45, 2.75) is 142 Å². The average molecular weight is 352 g/mol. The zero-order valence-electron chi connectivity index (χ0n) is 18.0. The molecule has 0 aliphatic heterocycles. The molecule has 3 atom stereocenters. The number of rotatable bonds is 15. The Morgan fingerprint density at radius 1 is 0.800 bits per heavy atom. The molecule has 1 nitrogen and oxygen atoms in total. The highest BCUT2D eigenvalue weighted by molar-refractivity contribution is 4.91. The van der Waals surface area contributed by atoms with E-state index in [2.05, 4.69) is 20.8 Å². The maximum Gasteiger partial charge on any atom is 0.00954 e. The first-order valence-electron chi connectivity index (χ1n) is 11.9. The molecule has 1 rings (SSSR count). The first-order chi connectivity index (χ1) is 12.1. The number of hydrogen-bond acceptors (Lipinski definition) is 1. The first-order valence-corrected chi connectivity index (χ1v) is 11.9. The van der Waals surface area contributed by atoms with Crippen LogP contribution in [0.15, 0.2) is 0 Å². The highest BCUT2D eigenvalue weighted by Crippen LogP contribution is 2.43. The largest absolute Gasteiger partial charge is 0.327 e. The van der Waals surface area contributed by atoms with Gasteiger partial charge in [0.2, 0.25) is 0 Å². The molecule has 1 fully saturated rings. The predicted molar refractivity (Wildman–Crippen MR) is 114 cm³/mol. The van der Waals surface area contributed by atoms with Crippen LogP contribution in [0.3, 0.4) is 0 Å². The summed E-state index contributed by atoms with van der Waals surface area (Å²) in [6, 6.07) is 0.426.